The fraction of sp³-hybridized carbons (Fsp3) is 1.00. The van der Waals surface area contributed by atoms with E-state index in [4.69, 9.17) is 4.74 Å². The van der Waals surface area contributed by atoms with Crippen molar-refractivity contribution < 1.29 is 4.74 Å². The Balaban J connectivity index is 1.87. The van der Waals surface area contributed by atoms with Crippen LogP contribution in [0.4, 0.5) is 0 Å². The topological polar surface area (TPSA) is 24.5 Å². The molecule has 2 rings (SSSR count). The molecule has 0 amide bonds. The minimum Gasteiger partial charge on any atom is -0.381 e. The van der Waals surface area contributed by atoms with Crippen LogP contribution in [-0.4, -0.2) is 49.3 Å². The molecule has 3 nitrogen and oxygen atoms in total. The summed E-state index contributed by atoms with van der Waals surface area (Å²) in [6.07, 6.45) is 2.57. The van der Waals surface area contributed by atoms with Crippen molar-refractivity contribution in [3.8, 4) is 0 Å². The highest BCUT2D eigenvalue weighted by molar-refractivity contribution is 4.93. The molecule has 106 valence electrons. The summed E-state index contributed by atoms with van der Waals surface area (Å²) >= 11 is 0. The van der Waals surface area contributed by atoms with Crippen LogP contribution >= 0.6 is 0 Å². The van der Waals surface area contributed by atoms with E-state index in [1.54, 1.807) is 0 Å². The predicted octanol–water partition coefficient (Wildman–Crippen LogP) is 2.12. The second kappa shape index (κ2) is 5.89. The van der Waals surface area contributed by atoms with Crippen molar-refractivity contribution in [3.05, 3.63) is 0 Å². The van der Waals surface area contributed by atoms with Gasteiger partial charge in [-0.3, -0.25) is 4.90 Å². The van der Waals surface area contributed by atoms with Crippen LogP contribution in [0.5, 0.6) is 0 Å². The lowest BCUT2D eigenvalue weighted by Gasteiger charge is -2.46. The van der Waals surface area contributed by atoms with E-state index in [9.17, 15) is 0 Å². The molecule has 3 heteroatoms. The van der Waals surface area contributed by atoms with Crippen molar-refractivity contribution in [2.24, 2.45) is 11.8 Å². The maximum Gasteiger partial charge on any atom is 0.0495 e. The van der Waals surface area contributed by atoms with Gasteiger partial charge in [0.15, 0.2) is 0 Å². The molecule has 1 N–H and O–H groups in total. The highest BCUT2D eigenvalue weighted by Crippen LogP contribution is 2.23. The third-order valence-corrected chi connectivity index (χ3v) is 4.48. The number of hydrogen-bond donors (Lipinski definition) is 1. The quantitative estimate of drug-likeness (QED) is 0.832. The van der Waals surface area contributed by atoms with Gasteiger partial charge in [-0.25, -0.2) is 0 Å². The van der Waals surface area contributed by atoms with Gasteiger partial charge in [-0.15, -0.1) is 0 Å². The van der Waals surface area contributed by atoms with Gasteiger partial charge in [0.25, 0.3) is 0 Å². The Kier molecular flexibility index (Phi) is 4.68. The lowest BCUT2D eigenvalue weighted by molar-refractivity contribution is 0.0633. The molecule has 0 aromatic heterocycles. The van der Waals surface area contributed by atoms with Crippen LogP contribution in [0.25, 0.3) is 0 Å². The standard InChI is InChI=1S/C15H30N2O/c1-12(2)14-9-16-15(3,4)11-17(14)7-5-13-6-8-18-10-13/h12-14,16H,5-11H2,1-4H3. The second-order valence-corrected chi connectivity index (χ2v) is 7.06. The van der Waals surface area contributed by atoms with Gasteiger partial charge in [0, 0.05) is 37.9 Å². The summed E-state index contributed by atoms with van der Waals surface area (Å²) in [6.45, 7) is 14.8. The number of piperazine rings is 1. The van der Waals surface area contributed by atoms with Crippen molar-refractivity contribution in [2.45, 2.75) is 52.1 Å². The van der Waals surface area contributed by atoms with Gasteiger partial charge in [-0.2, -0.15) is 0 Å². The Labute approximate surface area is 112 Å². The first-order chi connectivity index (χ1) is 8.48. The van der Waals surface area contributed by atoms with E-state index >= 15 is 0 Å². The van der Waals surface area contributed by atoms with Gasteiger partial charge in [0.05, 0.1) is 0 Å². The van der Waals surface area contributed by atoms with E-state index in [1.165, 1.54) is 25.9 Å². The highest BCUT2D eigenvalue weighted by Gasteiger charge is 2.34. The zero-order valence-corrected chi connectivity index (χ0v) is 12.5. The lowest BCUT2D eigenvalue weighted by atomic mass is 9.92. The Hall–Kier alpha value is -0.120. The molecular weight excluding hydrogens is 224 g/mol. The van der Waals surface area contributed by atoms with Crippen LogP contribution in [0.1, 0.15) is 40.5 Å². The molecule has 2 atom stereocenters. The van der Waals surface area contributed by atoms with E-state index in [0.29, 0.717) is 6.04 Å². The van der Waals surface area contributed by atoms with Gasteiger partial charge in [0.1, 0.15) is 0 Å². The molecule has 0 saturated carbocycles. The molecule has 2 fully saturated rings. The van der Waals surface area contributed by atoms with E-state index in [-0.39, 0.29) is 5.54 Å². The highest BCUT2D eigenvalue weighted by atomic mass is 16.5. The van der Waals surface area contributed by atoms with Crippen molar-refractivity contribution >= 4 is 0 Å². The summed E-state index contributed by atoms with van der Waals surface area (Å²) in [7, 11) is 0. The third kappa shape index (κ3) is 3.69. The molecular formula is C15H30N2O. The smallest absolute Gasteiger partial charge is 0.0495 e. The van der Waals surface area contributed by atoms with Crippen LogP contribution in [0, 0.1) is 11.8 Å². The van der Waals surface area contributed by atoms with Crippen molar-refractivity contribution in [2.75, 3.05) is 32.8 Å². The fourth-order valence-corrected chi connectivity index (χ4v) is 3.25. The Bertz CT molecular complexity index is 259. The van der Waals surface area contributed by atoms with Gasteiger partial charge in [0.2, 0.25) is 0 Å². The Morgan fingerprint density at radius 1 is 1.39 bits per heavy atom. The van der Waals surface area contributed by atoms with E-state index in [2.05, 4.69) is 37.9 Å². The third-order valence-electron chi connectivity index (χ3n) is 4.48. The zero-order valence-electron chi connectivity index (χ0n) is 12.5. The first kappa shape index (κ1) is 14.3. The Morgan fingerprint density at radius 2 is 2.17 bits per heavy atom. The molecule has 2 aliphatic rings. The van der Waals surface area contributed by atoms with E-state index < -0.39 is 0 Å². The summed E-state index contributed by atoms with van der Waals surface area (Å²) in [5.41, 5.74) is 0.261. The van der Waals surface area contributed by atoms with Gasteiger partial charge < -0.3 is 10.1 Å². The van der Waals surface area contributed by atoms with Crippen LogP contribution in [0.2, 0.25) is 0 Å². The summed E-state index contributed by atoms with van der Waals surface area (Å²) in [4.78, 5) is 2.71. The van der Waals surface area contributed by atoms with Crippen molar-refractivity contribution in [1.82, 2.24) is 10.2 Å². The number of nitrogens with zero attached hydrogens (tertiary/aromatic N) is 1. The molecule has 0 aromatic rings. The molecule has 2 saturated heterocycles. The van der Waals surface area contributed by atoms with Gasteiger partial charge in [-0.1, -0.05) is 13.8 Å². The molecule has 18 heavy (non-hydrogen) atoms. The van der Waals surface area contributed by atoms with Gasteiger partial charge >= 0.3 is 0 Å². The molecule has 0 bridgehead atoms. The summed E-state index contributed by atoms with van der Waals surface area (Å²) in [5, 5.41) is 3.68. The maximum absolute atomic E-state index is 5.48. The van der Waals surface area contributed by atoms with E-state index in [0.717, 1.165) is 31.6 Å². The Morgan fingerprint density at radius 3 is 2.78 bits per heavy atom. The van der Waals surface area contributed by atoms with Crippen molar-refractivity contribution in [3.63, 3.8) is 0 Å². The predicted molar refractivity (Wildman–Crippen MR) is 75.8 cm³/mol. The molecule has 0 spiro atoms. The summed E-state index contributed by atoms with van der Waals surface area (Å²) < 4.78 is 5.48. The molecule has 0 radical (unpaired) electrons. The summed E-state index contributed by atoms with van der Waals surface area (Å²) in [6, 6.07) is 0.695. The molecule has 2 aliphatic heterocycles. The normalized spacial score (nSPS) is 33.2. The molecule has 2 unspecified atom stereocenters. The van der Waals surface area contributed by atoms with Crippen LogP contribution in [-0.2, 0) is 4.74 Å². The average Bonchev–Trinajstić information content (AvgIpc) is 2.77. The molecule has 0 aliphatic carbocycles. The average molecular weight is 254 g/mol. The minimum atomic E-state index is 0.261. The first-order valence-corrected chi connectivity index (χ1v) is 7.55. The van der Waals surface area contributed by atoms with Crippen LogP contribution < -0.4 is 5.32 Å². The minimum absolute atomic E-state index is 0.261. The van der Waals surface area contributed by atoms with E-state index in [1.807, 2.05) is 0 Å². The zero-order chi connectivity index (χ0) is 13.2. The number of rotatable bonds is 4. The molecule has 0 aromatic carbocycles. The van der Waals surface area contributed by atoms with Gasteiger partial charge in [-0.05, 0) is 45.1 Å². The number of hydrogen-bond acceptors (Lipinski definition) is 3. The summed E-state index contributed by atoms with van der Waals surface area (Å²) in [5.74, 6) is 1.53. The molecule has 2 heterocycles. The number of nitrogens with one attached hydrogen (secondary N) is 1. The monoisotopic (exact) mass is 254 g/mol. The van der Waals surface area contributed by atoms with Crippen LogP contribution in [0.3, 0.4) is 0 Å². The SMILES string of the molecule is CC(C)C1CNC(C)(C)CN1CCC1CCOC1. The first-order valence-electron chi connectivity index (χ1n) is 7.55. The maximum atomic E-state index is 5.48. The lowest BCUT2D eigenvalue weighted by Crippen LogP contribution is -2.63. The van der Waals surface area contributed by atoms with Crippen molar-refractivity contribution in [1.29, 1.82) is 0 Å². The fourth-order valence-electron chi connectivity index (χ4n) is 3.25. The van der Waals surface area contributed by atoms with Crippen LogP contribution in [0.15, 0.2) is 0 Å². The number of ether oxygens (including phenoxy) is 1. The second-order valence-electron chi connectivity index (χ2n) is 7.06. The largest absolute Gasteiger partial charge is 0.381 e.